The fourth-order valence-electron chi connectivity index (χ4n) is 2.19. The van der Waals surface area contributed by atoms with E-state index in [0.29, 0.717) is 31.0 Å². The van der Waals surface area contributed by atoms with Crippen LogP contribution < -0.4 is 14.8 Å². The van der Waals surface area contributed by atoms with Gasteiger partial charge in [-0.1, -0.05) is 5.16 Å². The summed E-state index contributed by atoms with van der Waals surface area (Å²) in [5, 5.41) is 7.12. The summed E-state index contributed by atoms with van der Waals surface area (Å²) in [5.74, 6) is 2.65. The summed E-state index contributed by atoms with van der Waals surface area (Å²) in [5.41, 5.74) is 0.962. The van der Waals surface area contributed by atoms with Crippen LogP contribution >= 0.6 is 15.9 Å². The lowest BCUT2D eigenvalue weighted by Gasteiger charge is -2.19. The largest absolute Gasteiger partial charge is 0.486 e. The number of rotatable bonds is 5. The minimum Gasteiger partial charge on any atom is -0.486 e. The first kappa shape index (κ1) is 16.0. The molecule has 2 aromatic rings. The standard InChI is InChI=1S/C16H18BrN3O3/c1-10(18-2)7-14-19-15(23-20-14)4-3-11-8-12(17)16-13(9-11)21-5-6-22-16/h3-4,8-10,18H,5-7H2,1-2H3/b4-3+. The molecule has 0 saturated heterocycles. The monoisotopic (exact) mass is 379 g/mol. The van der Waals surface area contributed by atoms with E-state index in [2.05, 4.69) is 38.3 Å². The molecule has 1 unspecified atom stereocenters. The molecule has 23 heavy (non-hydrogen) atoms. The molecule has 1 N–H and O–H groups in total. The molecule has 1 aromatic heterocycles. The number of halogens is 1. The topological polar surface area (TPSA) is 69.4 Å². The SMILES string of the molecule is CNC(C)Cc1noc(/C=C/c2cc(Br)c3c(c2)OCCO3)n1. The zero-order chi connectivity index (χ0) is 16.2. The number of nitrogens with zero attached hydrogens (tertiary/aromatic N) is 2. The molecule has 0 spiro atoms. The molecule has 0 fully saturated rings. The highest BCUT2D eigenvalue weighted by molar-refractivity contribution is 9.10. The van der Waals surface area contributed by atoms with E-state index in [-0.39, 0.29) is 0 Å². The molecule has 1 aliphatic heterocycles. The van der Waals surface area contributed by atoms with Crippen LogP contribution in [-0.2, 0) is 6.42 Å². The van der Waals surface area contributed by atoms with Gasteiger partial charge >= 0.3 is 0 Å². The molecule has 0 aliphatic carbocycles. The van der Waals surface area contributed by atoms with Gasteiger partial charge in [0.1, 0.15) is 13.2 Å². The van der Waals surface area contributed by atoms with Crippen molar-refractivity contribution in [2.24, 2.45) is 0 Å². The van der Waals surface area contributed by atoms with E-state index in [1.165, 1.54) is 0 Å². The molecule has 0 radical (unpaired) electrons. The van der Waals surface area contributed by atoms with E-state index in [0.717, 1.165) is 28.0 Å². The zero-order valence-electron chi connectivity index (χ0n) is 13.0. The van der Waals surface area contributed by atoms with Crippen molar-refractivity contribution in [2.45, 2.75) is 19.4 Å². The number of nitrogens with one attached hydrogen (secondary N) is 1. The highest BCUT2D eigenvalue weighted by Gasteiger charge is 2.15. The predicted octanol–water partition coefficient (Wildman–Crippen LogP) is 2.92. The Balaban J connectivity index is 1.74. The van der Waals surface area contributed by atoms with E-state index in [1.807, 2.05) is 25.3 Å². The molecule has 0 saturated carbocycles. The van der Waals surface area contributed by atoms with Crippen LogP contribution in [0.2, 0.25) is 0 Å². The fourth-order valence-corrected chi connectivity index (χ4v) is 2.76. The van der Waals surface area contributed by atoms with Crippen molar-refractivity contribution in [1.29, 1.82) is 0 Å². The molecule has 1 aliphatic rings. The minimum absolute atomic E-state index is 0.304. The zero-order valence-corrected chi connectivity index (χ0v) is 14.6. The molecule has 0 bridgehead atoms. The van der Waals surface area contributed by atoms with Crippen LogP contribution in [0.1, 0.15) is 24.2 Å². The van der Waals surface area contributed by atoms with Gasteiger partial charge in [-0.25, -0.2) is 0 Å². The number of hydrogen-bond donors (Lipinski definition) is 1. The van der Waals surface area contributed by atoms with Crippen molar-refractivity contribution in [3.8, 4) is 11.5 Å². The third-order valence-electron chi connectivity index (χ3n) is 3.50. The third-order valence-corrected chi connectivity index (χ3v) is 4.09. The van der Waals surface area contributed by atoms with Gasteiger partial charge in [0.2, 0.25) is 0 Å². The molecule has 6 nitrogen and oxygen atoms in total. The first-order valence-corrected chi connectivity index (χ1v) is 8.22. The predicted molar refractivity (Wildman–Crippen MR) is 90.6 cm³/mol. The molecule has 7 heteroatoms. The fraction of sp³-hybridized carbons (Fsp3) is 0.375. The first-order chi connectivity index (χ1) is 11.2. The Labute approximate surface area is 143 Å². The Hall–Kier alpha value is -1.86. The Morgan fingerprint density at radius 1 is 1.30 bits per heavy atom. The number of ether oxygens (including phenoxy) is 2. The number of fused-ring (bicyclic) bond motifs is 1. The van der Waals surface area contributed by atoms with Crippen LogP contribution in [0.3, 0.4) is 0 Å². The van der Waals surface area contributed by atoms with Gasteiger partial charge in [0, 0.05) is 18.5 Å². The van der Waals surface area contributed by atoms with Crippen LogP contribution in [0.15, 0.2) is 21.1 Å². The Morgan fingerprint density at radius 2 is 2.13 bits per heavy atom. The van der Waals surface area contributed by atoms with Gasteiger partial charge in [-0.3, -0.25) is 0 Å². The van der Waals surface area contributed by atoms with Crippen LogP contribution in [0.25, 0.3) is 12.2 Å². The van der Waals surface area contributed by atoms with Gasteiger partial charge in [-0.15, -0.1) is 0 Å². The second-order valence-corrected chi connectivity index (χ2v) is 6.16. The summed E-state index contributed by atoms with van der Waals surface area (Å²) in [4.78, 5) is 4.35. The average Bonchev–Trinajstić information content (AvgIpc) is 3.00. The highest BCUT2D eigenvalue weighted by atomic mass is 79.9. The van der Waals surface area contributed by atoms with Crippen molar-refractivity contribution in [1.82, 2.24) is 15.5 Å². The summed E-state index contributed by atoms with van der Waals surface area (Å²) in [6, 6.07) is 4.19. The first-order valence-electron chi connectivity index (χ1n) is 7.43. The third kappa shape index (κ3) is 3.92. The molecule has 1 atom stereocenters. The maximum Gasteiger partial charge on any atom is 0.250 e. The summed E-state index contributed by atoms with van der Waals surface area (Å²) >= 11 is 3.50. The molecule has 122 valence electrons. The molecular weight excluding hydrogens is 362 g/mol. The van der Waals surface area contributed by atoms with E-state index >= 15 is 0 Å². The smallest absolute Gasteiger partial charge is 0.250 e. The molecule has 2 heterocycles. The van der Waals surface area contributed by atoms with Gasteiger partial charge < -0.3 is 19.3 Å². The highest BCUT2D eigenvalue weighted by Crippen LogP contribution is 2.38. The molecule has 3 rings (SSSR count). The average molecular weight is 380 g/mol. The summed E-state index contributed by atoms with van der Waals surface area (Å²) in [7, 11) is 1.91. The summed E-state index contributed by atoms with van der Waals surface area (Å²) in [6.07, 6.45) is 4.42. The maximum atomic E-state index is 5.61. The van der Waals surface area contributed by atoms with Gasteiger partial charge in [-0.2, -0.15) is 4.98 Å². The summed E-state index contributed by atoms with van der Waals surface area (Å²) < 4.78 is 17.3. The number of benzene rings is 1. The molecular formula is C16H18BrN3O3. The van der Waals surface area contributed by atoms with Crippen molar-refractivity contribution >= 4 is 28.1 Å². The quantitative estimate of drug-likeness (QED) is 0.860. The number of likely N-dealkylation sites (N-methyl/N-ethyl adjacent to an activating group) is 1. The molecule has 0 amide bonds. The van der Waals surface area contributed by atoms with E-state index in [9.17, 15) is 0 Å². The lowest BCUT2D eigenvalue weighted by molar-refractivity contribution is 0.170. The lowest BCUT2D eigenvalue weighted by Crippen LogP contribution is -2.24. The van der Waals surface area contributed by atoms with Crippen molar-refractivity contribution in [3.63, 3.8) is 0 Å². The summed E-state index contributed by atoms with van der Waals surface area (Å²) in [6.45, 7) is 3.19. The van der Waals surface area contributed by atoms with E-state index in [4.69, 9.17) is 14.0 Å². The number of hydrogen-bond acceptors (Lipinski definition) is 6. The minimum atomic E-state index is 0.304. The van der Waals surface area contributed by atoms with Crippen LogP contribution in [0, 0.1) is 0 Å². The van der Waals surface area contributed by atoms with Gasteiger partial charge in [0.15, 0.2) is 17.3 Å². The number of aromatic nitrogens is 2. The van der Waals surface area contributed by atoms with Crippen molar-refractivity contribution in [2.75, 3.05) is 20.3 Å². The molecule has 1 aromatic carbocycles. The Kier molecular flexibility index (Phi) is 4.97. The normalized spacial score (nSPS) is 15.1. The lowest BCUT2D eigenvalue weighted by atomic mass is 10.2. The van der Waals surface area contributed by atoms with E-state index < -0.39 is 0 Å². The Bertz CT molecular complexity index is 715. The maximum absolute atomic E-state index is 5.61. The van der Waals surface area contributed by atoms with Gasteiger partial charge in [0.25, 0.3) is 5.89 Å². The second-order valence-electron chi connectivity index (χ2n) is 5.30. The van der Waals surface area contributed by atoms with Gasteiger partial charge in [-0.05, 0) is 53.7 Å². The van der Waals surface area contributed by atoms with Crippen molar-refractivity contribution < 1.29 is 14.0 Å². The Morgan fingerprint density at radius 3 is 2.96 bits per heavy atom. The van der Waals surface area contributed by atoms with Crippen LogP contribution in [0.4, 0.5) is 0 Å². The van der Waals surface area contributed by atoms with Crippen molar-refractivity contribution in [3.05, 3.63) is 33.9 Å². The van der Waals surface area contributed by atoms with E-state index in [1.54, 1.807) is 6.08 Å². The van der Waals surface area contributed by atoms with Crippen LogP contribution in [-0.4, -0.2) is 36.4 Å². The van der Waals surface area contributed by atoms with Crippen LogP contribution in [0.5, 0.6) is 11.5 Å². The second kappa shape index (κ2) is 7.14. The van der Waals surface area contributed by atoms with Gasteiger partial charge in [0.05, 0.1) is 4.47 Å².